The van der Waals surface area contributed by atoms with Crippen molar-refractivity contribution in [3.63, 3.8) is 0 Å². The van der Waals surface area contributed by atoms with E-state index >= 15 is 0 Å². The van der Waals surface area contributed by atoms with Crippen molar-refractivity contribution in [2.75, 3.05) is 30.8 Å². The fraction of sp³-hybridized carbons (Fsp3) is 0.368. The summed E-state index contributed by atoms with van der Waals surface area (Å²) in [4.78, 5) is 33.9. The van der Waals surface area contributed by atoms with Crippen molar-refractivity contribution in [2.45, 2.75) is 27.2 Å². The molecule has 0 bridgehead atoms. The molecule has 0 atom stereocenters. The largest absolute Gasteiger partial charge is 0.354 e. The Balaban J connectivity index is 1.82. The van der Waals surface area contributed by atoms with Crippen molar-refractivity contribution in [2.24, 2.45) is 0 Å². The lowest BCUT2D eigenvalue weighted by Gasteiger charge is -2.18. The Morgan fingerprint density at radius 1 is 1.08 bits per heavy atom. The molecule has 7 heteroatoms. The third-order valence-corrected chi connectivity index (χ3v) is 3.94. The van der Waals surface area contributed by atoms with Gasteiger partial charge in [-0.25, -0.2) is 9.97 Å². The van der Waals surface area contributed by atoms with E-state index < -0.39 is 0 Å². The molecule has 0 aliphatic rings. The van der Waals surface area contributed by atoms with E-state index in [4.69, 9.17) is 0 Å². The van der Waals surface area contributed by atoms with Crippen LogP contribution in [0.3, 0.4) is 0 Å². The SMILES string of the molecule is Cc1cc(C)c(NC(=O)CN(C)C(=O)CCNc2ncccn2)c(C)c1. The molecule has 1 heterocycles. The van der Waals surface area contributed by atoms with E-state index in [-0.39, 0.29) is 24.8 Å². The van der Waals surface area contributed by atoms with Crippen LogP contribution in [0.1, 0.15) is 23.1 Å². The maximum atomic E-state index is 12.3. The van der Waals surface area contributed by atoms with Crippen LogP contribution in [0.25, 0.3) is 0 Å². The highest BCUT2D eigenvalue weighted by atomic mass is 16.2. The van der Waals surface area contributed by atoms with E-state index in [1.807, 2.05) is 32.9 Å². The van der Waals surface area contributed by atoms with Gasteiger partial charge in [-0.2, -0.15) is 0 Å². The monoisotopic (exact) mass is 355 g/mol. The molecule has 26 heavy (non-hydrogen) atoms. The van der Waals surface area contributed by atoms with E-state index in [2.05, 4.69) is 20.6 Å². The second-order valence-electron chi connectivity index (χ2n) is 6.32. The van der Waals surface area contributed by atoms with Gasteiger partial charge in [-0.3, -0.25) is 9.59 Å². The van der Waals surface area contributed by atoms with Gasteiger partial charge in [0.15, 0.2) is 0 Å². The second-order valence-corrected chi connectivity index (χ2v) is 6.32. The standard InChI is InChI=1S/C19H25N5O2/c1-13-10-14(2)18(15(3)11-13)23-16(25)12-24(4)17(26)6-9-22-19-20-7-5-8-21-19/h5,7-8,10-11H,6,9,12H2,1-4H3,(H,23,25)(H,20,21,22). The van der Waals surface area contributed by atoms with Crippen molar-refractivity contribution < 1.29 is 9.59 Å². The lowest BCUT2D eigenvalue weighted by molar-refractivity contribution is -0.133. The van der Waals surface area contributed by atoms with Crippen LogP contribution in [0.4, 0.5) is 11.6 Å². The van der Waals surface area contributed by atoms with Crippen molar-refractivity contribution in [3.05, 3.63) is 47.3 Å². The zero-order chi connectivity index (χ0) is 19.1. The summed E-state index contributed by atoms with van der Waals surface area (Å²) in [6, 6.07) is 5.77. The molecule has 7 nitrogen and oxygen atoms in total. The first-order valence-corrected chi connectivity index (χ1v) is 8.49. The second kappa shape index (κ2) is 8.94. The molecule has 2 rings (SSSR count). The maximum Gasteiger partial charge on any atom is 0.243 e. The minimum absolute atomic E-state index is 0.00737. The summed E-state index contributed by atoms with van der Waals surface area (Å²) >= 11 is 0. The van der Waals surface area contributed by atoms with Gasteiger partial charge in [0.05, 0.1) is 6.54 Å². The van der Waals surface area contributed by atoms with Gasteiger partial charge in [0.2, 0.25) is 17.8 Å². The zero-order valence-electron chi connectivity index (χ0n) is 15.7. The summed E-state index contributed by atoms with van der Waals surface area (Å²) in [5, 5.41) is 5.88. The number of carbonyl (C=O) groups is 2. The average molecular weight is 355 g/mol. The summed E-state index contributed by atoms with van der Waals surface area (Å²) in [5.74, 6) is 0.141. The number of hydrogen-bond acceptors (Lipinski definition) is 5. The van der Waals surface area contributed by atoms with Gasteiger partial charge < -0.3 is 15.5 Å². The van der Waals surface area contributed by atoms with E-state index in [9.17, 15) is 9.59 Å². The zero-order valence-corrected chi connectivity index (χ0v) is 15.7. The summed E-state index contributed by atoms with van der Waals surface area (Å²) in [6.45, 7) is 6.36. The number of anilines is 2. The number of amides is 2. The Bertz CT molecular complexity index is 754. The third-order valence-electron chi connectivity index (χ3n) is 3.94. The molecular weight excluding hydrogens is 330 g/mol. The quantitative estimate of drug-likeness (QED) is 0.796. The van der Waals surface area contributed by atoms with Crippen molar-refractivity contribution in [3.8, 4) is 0 Å². The summed E-state index contributed by atoms with van der Waals surface area (Å²) in [5.41, 5.74) is 3.98. The molecule has 0 aliphatic carbocycles. The van der Waals surface area contributed by atoms with Crippen LogP contribution in [0, 0.1) is 20.8 Å². The Morgan fingerprint density at radius 3 is 2.31 bits per heavy atom. The van der Waals surface area contributed by atoms with E-state index in [1.165, 1.54) is 4.90 Å². The summed E-state index contributed by atoms with van der Waals surface area (Å²) in [6.07, 6.45) is 3.51. The summed E-state index contributed by atoms with van der Waals surface area (Å²) < 4.78 is 0. The topological polar surface area (TPSA) is 87.2 Å². The normalized spacial score (nSPS) is 10.3. The molecule has 0 spiro atoms. The summed E-state index contributed by atoms with van der Waals surface area (Å²) in [7, 11) is 1.62. The fourth-order valence-electron chi connectivity index (χ4n) is 2.72. The van der Waals surface area contributed by atoms with Crippen molar-refractivity contribution >= 4 is 23.5 Å². The van der Waals surface area contributed by atoms with Crippen LogP contribution >= 0.6 is 0 Å². The van der Waals surface area contributed by atoms with Crippen LogP contribution < -0.4 is 10.6 Å². The average Bonchev–Trinajstić information content (AvgIpc) is 2.59. The third kappa shape index (κ3) is 5.54. The molecule has 0 fully saturated rings. The van der Waals surface area contributed by atoms with Gasteiger partial charge in [-0.15, -0.1) is 0 Å². The molecular formula is C19H25N5O2. The first-order chi connectivity index (χ1) is 12.4. The van der Waals surface area contributed by atoms with E-state index in [1.54, 1.807) is 25.5 Å². The number of aryl methyl sites for hydroxylation is 3. The maximum absolute atomic E-state index is 12.3. The van der Waals surface area contributed by atoms with Crippen LogP contribution in [-0.4, -0.2) is 46.8 Å². The molecule has 1 aromatic heterocycles. The predicted molar refractivity (Wildman–Crippen MR) is 102 cm³/mol. The molecule has 2 N–H and O–H groups in total. The van der Waals surface area contributed by atoms with Crippen molar-refractivity contribution in [1.82, 2.24) is 14.9 Å². The number of benzene rings is 1. The number of hydrogen-bond donors (Lipinski definition) is 2. The highest BCUT2D eigenvalue weighted by Crippen LogP contribution is 2.21. The molecule has 2 aromatic rings. The number of aromatic nitrogens is 2. The molecule has 0 unspecified atom stereocenters. The number of rotatable bonds is 7. The van der Waals surface area contributed by atoms with Gasteiger partial charge >= 0.3 is 0 Å². The van der Waals surface area contributed by atoms with Gasteiger partial charge in [0.25, 0.3) is 0 Å². The fourth-order valence-corrected chi connectivity index (χ4v) is 2.72. The Labute approximate surface area is 153 Å². The molecule has 138 valence electrons. The van der Waals surface area contributed by atoms with Gasteiger partial charge in [0, 0.05) is 38.1 Å². The predicted octanol–water partition coefficient (Wildman–Crippen LogP) is 2.30. The smallest absolute Gasteiger partial charge is 0.243 e. The van der Waals surface area contributed by atoms with Gasteiger partial charge in [-0.05, 0) is 38.0 Å². The highest BCUT2D eigenvalue weighted by molar-refractivity contribution is 5.95. The highest BCUT2D eigenvalue weighted by Gasteiger charge is 2.14. The minimum Gasteiger partial charge on any atom is -0.354 e. The van der Waals surface area contributed by atoms with Gasteiger partial charge in [0.1, 0.15) is 0 Å². The van der Waals surface area contributed by atoms with Crippen LogP contribution in [0.5, 0.6) is 0 Å². The Kier molecular flexibility index (Phi) is 6.66. The molecule has 1 aromatic carbocycles. The van der Waals surface area contributed by atoms with Gasteiger partial charge in [-0.1, -0.05) is 17.7 Å². The molecule has 0 aliphatic heterocycles. The molecule has 0 saturated heterocycles. The Hall–Kier alpha value is -2.96. The van der Waals surface area contributed by atoms with Crippen LogP contribution in [0.2, 0.25) is 0 Å². The van der Waals surface area contributed by atoms with Crippen LogP contribution in [0.15, 0.2) is 30.6 Å². The lowest BCUT2D eigenvalue weighted by atomic mass is 10.1. The molecule has 2 amide bonds. The number of likely N-dealkylation sites (N-methyl/N-ethyl adjacent to an activating group) is 1. The minimum atomic E-state index is -0.213. The first-order valence-electron chi connectivity index (χ1n) is 8.49. The first kappa shape index (κ1) is 19.4. The molecule has 0 saturated carbocycles. The number of nitrogens with zero attached hydrogens (tertiary/aromatic N) is 3. The van der Waals surface area contributed by atoms with Crippen molar-refractivity contribution in [1.29, 1.82) is 0 Å². The van der Waals surface area contributed by atoms with Crippen LogP contribution in [-0.2, 0) is 9.59 Å². The van der Waals surface area contributed by atoms with E-state index in [0.717, 1.165) is 22.4 Å². The number of nitrogens with one attached hydrogen (secondary N) is 2. The Morgan fingerprint density at radius 2 is 1.69 bits per heavy atom. The molecule has 0 radical (unpaired) electrons. The van der Waals surface area contributed by atoms with E-state index in [0.29, 0.717) is 12.5 Å². The lowest BCUT2D eigenvalue weighted by Crippen LogP contribution is -2.35. The number of carbonyl (C=O) groups excluding carboxylic acids is 2.